The average Bonchev–Trinajstić information content (AvgIpc) is 3.25. The lowest BCUT2D eigenvalue weighted by atomic mass is 10.2. The molecule has 0 spiro atoms. The van der Waals surface area contributed by atoms with Crippen LogP contribution in [0.5, 0.6) is 0 Å². The van der Waals surface area contributed by atoms with E-state index in [4.69, 9.17) is 5.73 Å². The zero-order chi connectivity index (χ0) is 15.9. The molecule has 3 aromatic rings. The highest BCUT2D eigenvalue weighted by Gasteiger charge is 2.04. The lowest BCUT2D eigenvalue weighted by Crippen LogP contribution is -2.33. The maximum Gasteiger partial charge on any atom is 0.188 e. The van der Waals surface area contributed by atoms with Crippen molar-refractivity contribution in [3.63, 3.8) is 0 Å². The van der Waals surface area contributed by atoms with Crippen LogP contribution >= 0.6 is 22.7 Å². The quantitative estimate of drug-likeness (QED) is 0.532. The van der Waals surface area contributed by atoms with Gasteiger partial charge in [-0.05, 0) is 17.9 Å². The van der Waals surface area contributed by atoms with Crippen molar-refractivity contribution in [1.82, 2.24) is 10.3 Å². The Morgan fingerprint density at radius 3 is 2.78 bits per heavy atom. The molecular formula is C17H18N4S2. The van der Waals surface area contributed by atoms with E-state index in [1.807, 2.05) is 23.6 Å². The first-order valence-electron chi connectivity index (χ1n) is 7.37. The average molecular weight is 342 g/mol. The molecule has 0 amide bonds. The number of hydrogen-bond donors (Lipinski definition) is 2. The van der Waals surface area contributed by atoms with Crippen molar-refractivity contribution in [1.29, 1.82) is 0 Å². The van der Waals surface area contributed by atoms with Crippen molar-refractivity contribution in [2.24, 2.45) is 10.7 Å². The van der Waals surface area contributed by atoms with Crippen molar-refractivity contribution in [2.75, 3.05) is 6.54 Å². The minimum Gasteiger partial charge on any atom is -0.370 e. The molecule has 0 unspecified atom stereocenters. The molecule has 0 aliphatic heterocycles. The maximum atomic E-state index is 5.90. The molecule has 23 heavy (non-hydrogen) atoms. The van der Waals surface area contributed by atoms with Gasteiger partial charge in [-0.15, -0.1) is 22.7 Å². The van der Waals surface area contributed by atoms with Crippen LogP contribution < -0.4 is 11.1 Å². The minimum absolute atomic E-state index is 0.468. The summed E-state index contributed by atoms with van der Waals surface area (Å²) in [6.07, 6.45) is 0.961. The maximum absolute atomic E-state index is 5.90. The Morgan fingerprint density at radius 2 is 2.00 bits per heavy atom. The Morgan fingerprint density at radius 1 is 1.13 bits per heavy atom. The summed E-state index contributed by atoms with van der Waals surface area (Å²) in [4.78, 5) is 10.3. The molecule has 2 aromatic heterocycles. The molecule has 0 fully saturated rings. The van der Waals surface area contributed by atoms with Crippen molar-refractivity contribution in [2.45, 2.75) is 13.0 Å². The summed E-state index contributed by atoms with van der Waals surface area (Å²) in [5, 5.41) is 8.27. The van der Waals surface area contributed by atoms with Crippen LogP contribution in [0.1, 0.15) is 10.6 Å². The summed E-state index contributed by atoms with van der Waals surface area (Å²) >= 11 is 3.39. The van der Waals surface area contributed by atoms with E-state index in [0.29, 0.717) is 12.5 Å². The van der Waals surface area contributed by atoms with Crippen LogP contribution in [0.4, 0.5) is 0 Å². The molecule has 118 valence electrons. The van der Waals surface area contributed by atoms with E-state index >= 15 is 0 Å². The molecule has 0 saturated carbocycles. The molecule has 0 saturated heterocycles. The highest BCUT2D eigenvalue weighted by molar-refractivity contribution is 7.13. The Kier molecular flexibility index (Phi) is 5.39. The molecule has 0 bridgehead atoms. The lowest BCUT2D eigenvalue weighted by Gasteiger charge is -2.03. The van der Waals surface area contributed by atoms with Crippen molar-refractivity contribution >= 4 is 28.6 Å². The van der Waals surface area contributed by atoms with Gasteiger partial charge in [-0.3, -0.25) is 0 Å². The Balaban J connectivity index is 1.50. The van der Waals surface area contributed by atoms with Crippen molar-refractivity contribution in [3.8, 4) is 10.6 Å². The van der Waals surface area contributed by atoms with Crippen LogP contribution in [0.15, 0.2) is 58.2 Å². The summed E-state index contributed by atoms with van der Waals surface area (Å²) in [6, 6.07) is 14.3. The van der Waals surface area contributed by atoms with E-state index in [1.54, 1.807) is 22.7 Å². The highest BCUT2D eigenvalue weighted by atomic mass is 32.1. The van der Waals surface area contributed by atoms with Crippen LogP contribution in [0.2, 0.25) is 0 Å². The van der Waals surface area contributed by atoms with E-state index in [9.17, 15) is 0 Å². The molecule has 0 radical (unpaired) electrons. The Bertz CT molecular complexity index is 748. The summed E-state index contributed by atoms with van der Waals surface area (Å²) in [5.41, 5.74) is 7.97. The largest absolute Gasteiger partial charge is 0.370 e. The zero-order valence-corrected chi connectivity index (χ0v) is 14.2. The summed E-state index contributed by atoms with van der Waals surface area (Å²) in [7, 11) is 0. The number of aromatic nitrogens is 1. The molecule has 6 heteroatoms. The third-order valence-electron chi connectivity index (χ3n) is 3.24. The number of hydrogen-bond acceptors (Lipinski definition) is 4. The van der Waals surface area contributed by atoms with E-state index in [0.717, 1.165) is 29.2 Å². The molecule has 1 aromatic carbocycles. The van der Waals surface area contributed by atoms with Gasteiger partial charge in [-0.25, -0.2) is 9.98 Å². The SMILES string of the molecule is NC(=NCc1csc(-c2ccccc2)n1)NCCc1cccs1. The fourth-order valence-electron chi connectivity index (χ4n) is 2.08. The fourth-order valence-corrected chi connectivity index (χ4v) is 3.61. The van der Waals surface area contributed by atoms with Gasteiger partial charge in [0.2, 0.25) is 0 Å². The second-order valence-corrected chi connectivity index (χ2v) is 6.86. The van der Waals surface area contributed by atoms with Crippen molar-refractivity contribution < 1.29 is 0 Å². The van der Waals surface area contributed by atoms with E-state index in [-0.39, 0.29) is 0 Å². The van der Waals surface area contributed by atoms with Crippen LogP contribution in [0, 0.1) is 0 Å². The van der Waals surface area contributed by atoms with Crippen LogP contribution in [0.25, 0.3) is 10.6 Å². The number of thiazole rings is 1. The first-order chi connectivity index (χ1) is 11.3. The molecular weight excluding hydrogens is 324 g/mol. The predicted molar refractivity (Wildman–Crippen MR) is 98.9 cm³/mol. The van der Waals surface area contributed by atoms with Gasteiger partial charge in [0, 0.05) is 22.4 Å². The first-order valence-corrected chi connectivity index (χ1v) is 9.13. The lowest BCUT2D eigenvalue weighted by molar-refractivity contribution is 0.854. The molecule has 0 aliphatic rings. The number of nitrogens with two attached hydrogens (primary N) is 1. The molecule has 0 aliphatic carbocycles. The van der Waals surface area contributed by atoms with E-state index < -0.39 is 0 Å². The summed E-state index contributed by atoms with van der Waals surface area (Å²) in [6.45, 7) is 1.29. The summed E-state index contributed by atoms with van der Waals surface area (Å²) in [5.74, 6) is 0.468. The third-order valence-corrected chi connectivity index (χ3v) is 5.12. The van der Waals surface area contributed by atoms with E-state index in [2.05, 4.69) is 44.9 Å². The number of aliphatic imine (C=N–C) groups is 1. The number of nitrogens with one attached hydrogen (secondary N) is 1. The smallest absolute Gasteiger partial charge is 0.188 e. The third kappa shape index (κ3) is 4.64. The molecule has 3 N–H and O–H groups in total. The number of nitrogens with zero attached hydrogens (tertiary/aromatic N) is 2. The Hall–Kier alpha value is -2.18. The Labute approximate surface area is 143 Å². The van der Waals surface area contributed by atoms with Gasteiger partial charge in [-0.2, -0.15) is 0 Å². The number of guanidine groups is 1. The summed E-state index contributed by atoms with van der Waals surface area (Å²) < 4.78 is 0. The van der Waals surface area contributed by atoms with Crippen LogP contribution in [-0.2, 0) is 13.0 Å². The van der Waals surface area contributed by atoms with Gasteiger partial charge in [0.05, 0.1) is 12.2 Å². The van der Waals surface area contributed by atoms with Gasteiger partial charge in [0.1, 0.15) is 5.01 Å². The molecule has 2 heterocycles. The van der Waals surface area contributed by atoms with Crippen LogP contribution in [0.3, 0.4) is 0 Å². The minimum atomic E-state index is 0.468. The topological polar surface area (TPSA) is 63.3 Å². The van der Waals surface area contributed by atoms with Crippen LogP contribution in [-0.4, -0.2) is 17.5 Å². The molecule has 0 atom stereocenters. The molecule has 4 nitrogen and oxygen atoms in total. The van der Waals surface area contributed by atoms with Gasteiger partial charge in [0.25, 0.3) is 0 Å². The zero-order valence-electron chi connectivity index (χ0n) is 12.6. The number of rotatable bonds is 6. The van der Waals surface area contributed by atoms with Gasteiger partial charge >= 0.3 is 0 Å². The second kappa shape index (κ2) is 7.89. The van der Waals surface area contributed by atoms with Gasteiger partial charge in [0.15, 0.2) is 5.96 Å². The predicted octanol–water partition coefficient (Wildman–Crippen LogP) is 3.52. The van der Waals surface area contributed by atoms with E-state index in [1.165, 1.54) is 4.88 Å². The number of thiophene rings is 1. The van der Waals surface area contributed by atoms with Gasteiger partial charge in [-0.1, -0.05) is 36.4 Å². The van der Waals surface area contributed by atoms with Crippen molar-refractivity contribution in [3.05, 3.63) is 63.8 Å². The first kappa shape index (κ1) is 15.7. The number of benzene rings is 1. The fraction of sp³-hybridized carbons (Fsp3) is 0.176. The molecule has 3 rings (SSSR count). The van der Waals surface area contributed by atoms with Gasteiger partial charge < -0.3 is 11.1 Å². The highest BCUT2D eigenvalue weighted by Crippen LogP contribution is 2.23. The normalized spacial score (nSPS) is 11.6. The standard InChI is InChI=1S/C17H18N4S2/c18-17(19-9-8-15-7-4-10-22-15)20-11-14-12-23-16(21-14)13-5-2-1-3-6-13/h1-7,10,12H,8-9,11H2,(H3,18,19,20). The second-order valence-electron chi connectivity index (χ2n) is 4.97. The monoisotopic (exact) mass is 342 g/mol.